The minimum Gasteiger partial charge on any atom is -0.493 e. The summed E-state index contributed by atoms with van der Waals surface area (Å²) in [6.07, 6.45) is -4.54. The third-order valence-corrected chi connectivity index (χ3v) is 5.53. The van der Waals surface area contributed by atoms with Gasteiger partial charge in [0.15, 0.2) is 16.3 Å². The largest absolute Gasteiger partial charge is 0.493 e. The molecule has 2 aromatic carbocycles. The van der Waals surface area contributed by atoms with E-state index in [1.54, 1.807) is 16.7 Å². The second kappa shape index (κ2) is 9.52. The Morgan fingerprint density at radius 3 is 2.48 bits per heavy atom. The maximum atomic E-state index is 13.0. The predicted molar refractivity (Wildman–Crippen MR) is 111 cm³/mol. The molecule has 3 aromatic rings. The average molecular weight is 454 g/mol. The Hall–Kier alpha value is -2.85. The molecule has 166 valence electrons. The third kappa shape index (κ3) is 5.08. The number of amides is 1. The number of methoxy groups -OCH3 is 2. The number of fused-ring (bicyclic) bond motifs is 1. The molecule has 31 heavy (non-hydrogen) atoms. The first-order chi connectivity index (χ1) is 14.8. The number of alkyl halides is 3. The van der Waals surface area contributed by atoms with Crippen LogP contribution in [-0.4, -0.2) is 37.9 Å². The molecule has 0 spiro atoms. The first-order valence-corrected chi connectivity index (χ1v) is 10.2. The molecule has 0 bridgehead atoms. The van der Waals surface area contributed by atoms with Gasteiger partial charge in [-0.1, -0.05) is 17.4 Å². The minimum atomic E-state index is -4.54. The number of carbonyl (C=O) groups is 1. The van der Waals surface area contributed by atoms with Gasteiger partial charge in [-0.15, -0.1) is 0 Å². The van der Waals surface area contributed by atoms with E-state index in [-0.39, 0.29) is 5.56 Å². The van der Waals surface area contributed by atoms with E-state index in [9.17, 15) is 18.0 Å². The molecule has 0 fully saturated rings. The second-order valence-corrected chi connectivity index (χ2v) is 7.41. The highest BCUT2D eigenvalue weighted by Crippen LogP contribution is 2.33. The smallest absolute Gasteiger partial charge is 0.416 e. The van der Waals surface area contributed by atoms with Crippen molar-refractivity contribution >= 4 is 27.5 Å². The summed E-state index contributed by atoms with van der Waals surface area (Å²) in [6.45, 7) is 3.17. The van der Waals surface area contributed by atoms with Crippen LogP contribution < -0.4 is 14.3 Å². The van der Waals surface area contributed by atoms with E-state index in [0.717, 1.165) is 22.3 Å². The summed E-state index contributed by atoms with van der Waals surface area (Å²) >= 11 is 1.23. The second-order valence-electron chi connectivity index (χ2n) is 6.40. The van der Waals surface area contributed by atoms with Gasteiger partial charge in [-0.25, -0.2) is 0 Å². The Kier molecular flexibility index (Phi) is 7.01. The van der Waals surface area contributed by atoms with Crippen molar-refractivity contribution < 1.29 is 32.2 Å². The van der Waals surface area contributed by atoms with Crippen LogP contribution in [0.4, 0.5) is 13.2 Å². The summed E-state index contributed by atoms with van der Waals surface area (Å²) in [6, 6.07) is 7.75. The van der Waals surface area contributed by atoms with E-state index < -0.39 is 17.6 Å². The summed E-state index contributed by atoms with van der Waals surface area (Å²) < 4.78 is 57.7. The topological polar surface area (TPSA) is 62.1 Å². The van der Waals surface area contributed by atoms with Gasteiger partial charge in [0.2, 0.25) is 0 Å². The molecule has 0 aliphatic heterocycles. The summed E-state index contributed by atoms with van der Waals surface area (Å²) in [5.74, 6) is 0.263. The van der Waals surface area contributed by atoms with Gasteiger partial charge < -0.3 is 18.8 Å². The lowest BCUT2D eigenvalue weighted by atomic mass is 10.1. The van der Waals surface area contributed by atoms with E-state index >= 15 is 0 Å². The fourth-order valence-electron chi connectivity index (χ4n) is 2.98. The number of ether oxygens (including phenoxy) is 3. The Morgan fingerprint density at radius 1 is 1.13 bits per heavy atom. The molecule has 1 amide bonds. The molecule has 0 atom stereocenters. The van der Waals surface area contributed by atoms with Crippen molar-refractivity contribution in [3.63, 3.8) is 0 Å². The molecule has 0 saturated carbocycles. The van der Waals surface area contributed by atoms with Crippen LogP contribution in [0.25, 0.3) is 10.2 Å². The van der Waals surface area contributed by atoms with Crippen molar-refractivity contribution in [2.45, 2.75) is 19.6 Å². The fourth-order valence-corrected chi connectivity index (χ4v) is 4.04. The number of hydrogen-bond acceptors (Lipinski definition) is 5. The quantitative estimate of drug-likeness (QED) is 0.493. The van der Waals surface area contributed by atoms with Gasteiger partial charge in [-0.05, 0) is 25.1 Å². The van der Waals surface area contributed by atoms with E-state index in [4.69, 9.17) is 14.2 Å². The molecule has 0 aliphatic rings. The Morgan fingerprint density at radius 2 is 1.84 bits per heavy atom. The normalized spacial score (nSPS) is 12.4. The van der Waals surface area contributed by atoms with E-state index in [0.29, 0.717) is 36.1 Å². The molecule has 1 heterocycles. The fraction of sp³-hybridized carbons (Fsp3) is 0.333. The molecule has 0 saturated heterocycles. The van der Waals surface area contributed by atoms with Crippen LogP contribution in [0.15, 0.2) is 41.4 Å². The number of carbonyl (C=O) groups excluding carboxylic acids is 1. The van der Waals surface area contributed by atoms with Crippen LogP contribution in [-0.2, 0) is 17.5 Å². The zero-order valence-electron chi connectivity index (χ0n) is 17.2. The summed E-state index contributed by atoms with van der Waals surface area (Å²) in [4.78, 5) is 17.1. The number of nitrogens with zero attached hydrogens (tertiary/aromatic N) is 2. The van der Waals surface area contributed by atoms with Gasteiger partial charge in [-0.2, -0.15) is 18.2 Å². The Balaban J connectivity index is 2.12. The zero-order chi connectivity index (χ0) is 22.6. The molecule has 6 nitrogen and oxygen atoms in total. The third-order valence-electron chi connectivity index (χ3n) is 4.49. The van der Waals surface area contributed by atoms with Crippen LogP contribution in [0.5, 0.6) is 11.5 Å². The maximum Gasteiger partial charge on any atom is 0.416 e. The van der Waals surface area contributed by atoms with Crippen LogP contribution in [0.2, 0.25) is 0 Å². The van der Waals surface area contributed by atoms with Crippen molar-refractivity contribution in [2.24, 2.45) is 4.99 Å². The highest BCUT2D eigenvalue weighted by Gasteiger charge is 2.30. The number of halogens is 3. The Labute approximate surface area is 180 Å². The number of hydrogen-bond donors (Lipinski definition) is 0. The molecule has 0 unspecified atom stereocenters. The van der Waals surface area contributed by atoms with Crippen molar-refractivity contribution in [3.05, 3.63) is 52.3 Å². The number of benzene rings is 2. The lowest BCUT2D eigenvalue weighted by Crippen LogP contribution is -2.20. The van der Waals surface area contributed by atoms with Gasteiger partial charge in [0.1, 0.15) is 0 Å². The first-order valence-electron chi connectivity index (χ1n) is 9.38. The Bertz CT molecular complexity index is 1150. The first kappa shape index (κ1) is 22.8. The van der Waals surface area contributed by atoms with Gasteiger partial charge in [-0.3, -0.25) is 4.79 Å². The van der Waals surface area contributed by atoms with Crippen LogP contribution >= 0.6 is 11.3 Å². The number of rotatable bonds is 7. The summed E-state index contributed by atoms with van der Waals surface area (Å²) in [7, 11) is 3.03. The molecule has 1 aromatic heterocycles. The number of aromatic nitrogens is 1. The number of thiazole rings is 1. The van der Waals surface area contributed by atoms with Crippen LogP contribution in [0, 0.1) is 0 Å². The molecule has 10 heteroatoms. The molecule has 0 N–H and O–H groups in total. The van der Waals surface area contributed by atoms with Gasteiger partial charge in [0.25, 0.3) is 5.91 Å². The highest BCUT2D eigenvalue weighted by molar-refractivity contribution is 7.16. The monoisotopic (exact) mass is 454 g/mol. The van der Waals surface area contributed by atoms with Crippen molar-refractivity contribution in [1.29, 1.82) is 0 Å². The average Bonchev–Trinajstić information content (AvgIpc) is 3.08. The van der Waals surface area contributed by atoms with Crippen molar-refractivity contribution in [1.82, 2.24) is 4.57 Å². The maximum absolute atomic E-state index is 13.0. The summed E-state index contributed by atoms with van der Waals surface area (Å²) in [5, 5.41) is 0. The molecule has 3 rings (SSSR count). The standard InChI is InChI=1S/C21H21F3N2O4S/c1-4-30-9-8-26-15-11-16(28-2)17(29-3)12-18(15)31-20(26)25-19(27)13-6-5-7-14(10-13)21(22,23)24/h5-7,10-12H,4,8-9H2,1-3H3. The lowest BCUT2D eigenvalue weighted by Gasteiger charge is -2.09. The summed E-state index contributed by atoms with van der Waals surface area (Å²) in [5.41, 5.74) is -0.291. The van der Waals surface area contributed by atoms with Crippen molar-refractivity contribution in [3.8, 4) is 11.5 Å². The predicted octanol–water partition coefficient (Wildman–Crippen LogP) is 4.52. The van der Waals surface area contributed by atoms with Crippen molar-refractivity contribution in [2.75, 3.05) is 27.4 Å². The molecule has 0 aliphatic carbocycles. The van der Waals surface area contributed by atoms with Crippen LogP contribution in [0.1, 0.15) is 22.8 Å². The lowest BCUT2D eigenvalue weighted by molar-refractivity contribution is -0.137. The molecular formula is C21H21F3N2O4S. The van der Waals surface area contributed by atoms with Gasteiger partial charge >= 0.3 is 6.18 Å². The minimum absolute atomic E-state index is 0.140. The molecular weight excluding hydrogens is 433 g/mol. The van der Waals surface area contributed by atoms with E-state index in [2.05, 4.69) is 4.99 Å². The van der Waals surface area contributed by atoms with E-state index in [1.165, 1.54) is 37.7 Å². The molecule has 0 radical (unpaired) electrons. The SMILES string of the molecule is CCOCCn1c(=NC(=O)c2cccc(C(F)(F)F)c2)sc2cc(OC)c(OC)cc21. The van der Waals surface area contributed by atoms with Gasteiger partial charge in [0, 0.05) is 30.8 Å². The highest BCUT2D eigenvalue weighted by atomic mass is 32.1. The zero-order valence-corrected chi connectivity index (χ0v) is 18.0. The van der Waals surface area contributed by atoms with E-state index in [1.807, 2.05) is 6.92 Å². The van der Waals surface area contributed by atoms with Gasteiger partial charge in [0.05, 0.1) is 36.6 Å². The van der Waals surface area contributed by atoms with Crippen LogP contribution in [0.3, 0.4) is 0 Å².